The Morgan fingerprint density at radius 3 is 1.52 bits per heavy atom. The minimum atomic E-state index is 0.197. The molecule has 1 aromatic heterocycles. The second-order valence-corrected chi connectivity index (χ2v) is 5.53. The van der Waals surface area contributed by atoms with Crippen molar-refractivity contribution in [1.29, 1.82) is 0 Å². The molecular weight excluding hydrogens is 338 g/mol. The predicted molar refractivity (Wildman–Crippen MR) is 106 cm³/mol. The van der Waals surface area contributed by atoms with Crippen molar-refractivity contribution >= 4 is 5.95 Å². The van der Waals surface area contributed by atoms with Gasteiger partial charge in [-0.15, -0.1) is 12.8 Å². The van der Waals surface area contributed by atoms with Gasteiger partial charge in [0.05, 0.1) is 11.4 Å². The molecule has 2 N–H and O–H groups in total. The molecule has 2 aromatic carbocycles. The third-order valence-corrected chi connectivity index (χ3v) is 3.69. The molecule has 0 fully saturated rings. The molecule has 0 bridgehead atoms. The van der Waals surface area contributed by atoms with Gasteiger partial charge in [-0.3, -0.25) is 0 Å². The molecule has 27 heavy (non-hydrogen) atoms. The van der Waals surface area contributed by atoms with Crippen LogP contribution in [-0.4, -0.2) is 23.2 Å². The first kappa shape index (κ1) is 17.8. The molecule has 0 saturated heterocycles. The maximum absolute atomic E-state index is 5.91. The van der Waals surface area contributed by atoms with Crippen LogP contribution < -0.4 is 15.2 Å². The molecule has 0 saturated carbocycles. The van der Waals surface area contributed by atoms with Crippen molar-refractivity contribution in [2.45, 2.75) is 0 Å². The van der Waals surface area contributed by atoms with Gasteiger partial charge in [-0.05, 0) is 54.6 Å². The maximum atomic E-state index is 5.91. The Morgan fingerprint density at radius 2 is 1.15 bits per heavy atom. The van der Waals surface area contributed by atoms with Gasteiger partial charge in [0.2, 0.25) is 5.95 Å². The molecule has 0 atom stereocenters. The summed E-state index contributed by atoms with van der Waals surface area (Å²) >= 11 is 0. The third kappa shape index (κ3) is 4.56. The van der Waals surface area contributed by atoms with E-state index in [1.165, 1.54) is 0 Å². The fourth-order valence-corrected chi connectivity index (χ4v) is 2.46. The summed E-state index contributed by atoms with van der Waals surface area (Å²) in [6.45, 7) is 0.454. The van der Waals surface area contributed by atoms with E-state index in [9.17, 15) is 0 Å². The van der Waals surface area contributed by atoms with Gasteiger partial charge in [0.15, 0.2) is 0 Å². The number of rotatable bonds is 6. The Balaban J connectivity index is 1.86. The Hall–Kier alpha value is -3.96. The van der Waals surface area contributed by atoms with Crippen LogP contribution in [0.1, 0.15) is 0 Å². The lowest BCUT2D eigenvalue weighted by Gasteiger charge is -2.08. The highest BCUT2D eigenvalue weighted by atomic mass is 16.5. The summed E-state index contributed by atoms with van der Waals surface area (Å²) in [4.78, 5) is 8.65. The molecule has 3 aromatic rings. The molecule has 0 aliphatic carbocycles. The molecule has 0 amide bonds. The van der Waals surface area contributed by atoms with E-state index in [-0.39, 0.29) is 19.2 Å². The van der Waals surface area contributed by atoms with Crippen molar-refractivity contribution in [3.8, 4) is 58.7 Å². The topological polar surface area (TPSA) is 70.3 Å². The first-order valence-corrected chi connectivity index (χ1v) is 8.17. The molecule has 0 unspecified atom stereocenters. The van der Waals surface area contributed by atoms with Crippen LogP contribution >= 0.6 is 0 Å². The Labute approximate surface area is 158 Å². The van der Waals surface area contributed by atoms with Crippen LogP contribution in [0.3, 0.4) is 0 Å². The largest absolute Gasteiger partial charge is 0.481 e. The summed E-state index contributed by atoms with van der Waals surface area (Å²) in [7, 11) is 0. The lowest BCUT2D eigenvalue weighted by Crippen LogP contribution is -1.99. The van der Waals surface area contributed by atoms with Crippen LogP contribution in [0.5, 0.6) is 11.5 Å². The van der Waals surface area contributed by atoms with Gasteiger partial charge in [-0.2, -0.15) is 0 Å². The van der Waals surface area contributed by atoms with Gasteiger partial charge in [0.1, 0.15) is 24.7 Å². The normalized spacial score (nSPS) is 9.85. The molecule has 1 heterocycles. The van der Waals surface area contributed by atoms with E-state index in [0.717, 1.165) is 11.1 Å². The van der Waals surface area contributed by atoms with Crippen molar-refractivity contribution < 1.29 is 9.47 Å². The molecule has 0 aliphatic rings. The third-order valence-electron chi connectivity index (χ3n) is 3.69. The van der Waals surface area contributed by atoms with E-state index in [1.54, 1.807) is 0 Å². The van der Waals surface area contributed by atoms with Gasteiger partial charge < -0.3 is 15.2 Å². The van der Waals surface area contributed by atoms with Gasteiger partial charge in [0, 0.05) is 11.1 Å². The van der Waals surface area contributed by atoms with Gasteiger partial charge in [0.25, 0.3) is 0 Å². The average Bonchev–Trinajstić information content (AvgIpc) is 2.71. The molecule has 3 rings (SSSR count). The number of aromatic nitrogens is 2. The number of terminal acetylenes is 2. The van der Waals surface area contributed by atoms with E-state index < -0.39 is 0 Å². The quantitative estimate of drug-likeness (QED) is 0.686. The predicted octanol–water partition coefficient (Wildman–Crippen LogP) is 3.42. The van der Waals surface area contributed by atoms with Crippen LogP contribution in [0.15, 0.2) is 54.6 Å². The second kappa shape index (κ2) is 8.42. The van der Waals surface area contributed by atoms with Crippen LogP contribution in [-0.2, 0) is 0 Å². The Kier molecular flexibility index (Phi) is 5.57. The maximum Gasteiger partial charge on any atom is 0.221 e. The number of nitrogens with two attached hydrogens (primary N) is 1. The number of hydrogen-bond acceptors (Lipinski definition) is 5. The van der Waals surface area contributed by atoms with E-state index in [4.69, 9.17) is 28.1 Å². The summed E-state index contributed by atoms with van der Waals surface area (Å²) < 4.78 is 10.8. The highest BCUT2D eigenvalue weighted by Gasteiger charge is 2.08. The molecule has 0 aliphatic heterocycles. The van der Waals surface area contributed by atoms with Crippen molar-refractivity contribution in [3.63, 3.8) is 0 Å². The van der Waals surface area contributed by atoms with Gasteiger partial charge in [-0.1, -0.05) is 11.8 Å². The van der Waals surface area contributed by atoms with E-state index in [1.807, 2.05) is 54.6 Å². The van der Waals surface area contributed by atoms with Crippen LogP contribution in [0, 0.1) is 24.7 Å². The zero-order valence-corrected chi connectivity index (χ0v) is 14.6. The van der Waals surface area contributed by atoms with E-state index in [0.29, 0.717) is 22.9 Å². The molecular formula is C22H17N3O2. The molecule has 0 radical (unpaired) electrons. The standard InChI is InChI=1S/C22H17N3O2/c1-3-13-26-18-9-5-16(6-10-18)20-15-21(25-22(23)24-20)17-7-11-19(12-8-17)27-14-4-2/h1-2,5-12,15H,13-14H2,(H2,23,24,25). The highest BCUT2D eigenvalue weighted by Crippen LogP contribution is 2.27. The second-order valence-electron chi connectivity index (χ2n) is 5.53. The van der Waals surface area contributed by atoms with Crippen LogP contribution in [0.25, 0.3) is 22.5 Å². The summed E-state index contributed by atoms with van der Waals surface area (Å²) in [6, 6.07) is 16.8. The number of benzene rings is 2. The molecule has 5 nitrogen and oxygen atoms in total. The lowest BCUT2D eigenvalue weighted by molar-refractivity contribution is 0.370. The summed E-state index contributed by atoms with van der Waals surface area (Å²) in [5.74, 6) is 6.45. The van der Waals surface area contributed by atoms with Crippen molar-refractivity contribution in [2.75, 3.05) is 18.9 Å². The zero-order valence-electron chi connectivity index (χ0n) is 14.6. The highest BCUT2D eigenvalue weighted by molar-refractivity contribution is 5.69. The fraction of sp³-hybridized carbons (Fsp3) is 0.0909. The minimum Gasteiger partial charge on any atom is -0.481 e. The Morgan fingerprint density at radius 1 is 0.741 bits per heavy atom. The monoisotopic (exact) mass is 355 g/mol. The average molecular weight is 355 g/mol. The van der Waals surface area contributed by atoms with Crippen LogP contribution in [0.2, 0.25) is 0 Å². The fourth-order valence-electron chi connectivity index (χ4n) is 2.46. The molecule has 132 valence electrons. The van der Waals surface area contributed by atoms with Crippen molar-refractivity contribution in [3.05, 3.63) is 54.6 Å². The number of nitrogen functional groups attached to an aromatic ring is 1. The van der Waals surface area contributed by atoms with E-state index >= 15 is 0 Å². The minimum absolute atomic E-state index is 0.197. The lowest BCUT2D eigenvalue weighted by atomic mass is 10.1. The molecule has 0 spiro atoms. The number of ether oxygens (including phenoxy) is 2. The summed E-state index contributed by atoms with van der Waals surface area (Å²) in [6.07, 6.45) is 10.4. The molecule has 5 heteroatoms. The summed E-state index contributed by atoms with van der Waals surface area (Å²) in [5, 5.41) is 0. The number of anilines is 1. The van der Waals surface area contributed by atoms with Gasteiger partial charge >= 0.3 is 0 Å². The first-order chi connectivity index (χ1) is 13.2. The number of nitrogens with zero attached hydrogens (tertiary/aromatic N) is 2. The Bertz CT molecular complexity index is 918. The van der Waals surface area contributed by atoms with Gasteiger partial charge in [-0.25, -0.2) is 9.97 Å². The number of hydrogen-bond donors (Lipinski definition) is 1. The van der Waals surface area contributed by atoms with Crippen LogP contribution in [0.4, 0.5) is 5.95 Å². The summed E-state index contributed by atoms with van der Waals surface area (Å²) in [5.41, 5.74) is 9.13. The first-order valence-electron chi connectivity index (χ1n) is 8.17. The van der Waals surface area contributed by atoms with Crippen molar-refractivity contribution in [2.24, 2.45) is 0 Å². The van der Waals surface area contributed by atoms with Crippen molar-refractivity contribution in [1.82, 2.24) is 9.97 Å². The SMILES string of the molecule is C#CCOc1ccc(-c2cc(-c3ccc(OCC#C)cc3)nc(N)n2)cc1. The smallest absolute Gasteiger partial charge is 0.221 e. The zero-order chi connectivity index (χ0) is 19.1. The van der Waals surface area contributed by atoms with E-state index in [2.05, 4.69) is 21.8 Å².